The quantitative estimate of drug-likeness (QED) is 0.536. The summed E-state index contributed by atoms with van der Waals surface area (Å²) in [6, 6.07) is 11.0. The molecule has 1 N–H and O–H groups in total. The van der Waals surface area contributed by atoms with E-state index in [0.29, 0.717) is 10.7 Å². The second-order valence-electron chi connectivity index (χ2n) is 4.55. The molecule has 0 aliphatic heterocycles. The van der Waals surface area contributed by atoms with Crippen molar-refractivity contribution in [3.63, 3.8) is 0 Å². The van der Waals surface area contributed by atoms with E-state index in [4.69, 9.17) is 11.6 Å². The number of aromatic nitrogens is 1. The van der Waals surface area contributed by atoms with Crippen LogP contribution >= 0.6 is 11.6 Å². The van der Waals surface area contributed by atoms with Crippen molar-refractivity contribution in [2.45, 2.75) is 0 Å². The number of carbonyl (C=O) groups is 1. The van der Waals surface area contributed by atoms with Gasteiger partial charge in [-0.3, -0.25) is 4.79 Å². The zero-order valence-corrected chi connectivity index (χ0v) is 12.5. The number of nitrogens with one attached hydrogen (secondary N) is 1. The number of rotatable bonds is 4. The molecule has 1 amide bonds. The van der Waals surface area contributed by atoms with Gasteiger partial charge in [0.1, 0.15) is 5.15 Å². The average Bonchev–Trinajstić information content (AvgIpc) is 2.48. The van der Waals surface area contributed by atoms with E-state index in [2.05, 4.69) is 15.5 Å². The molecule has 0 fully saturated rings. The topological polar surface area (TPSA) is 57.6 Å². The van der Waals surface area contributed by atoms with Crippen molar-refractivity contribution in [2.75, 3.05) is 19.0 Å². The molecule has 1 heterocycles. The van der Waals surface area contributed by atoms with Gasteiger partial charge in [-0.2, -0.15) is 5.10 Å². The first-order valence-electron chi connectivity index (χ1n) is 6.28. The lowest BCUT2D eigenvalue weighted by atomic mass is 10.2. The number of halogens is 1. The Labute approximate surface area is 128 Å². The minimum Gasteiger partial charge on any atom is -0.378 e. The summed E-state index contributed by atoms with van der Waals surface area (Å²) in [5.41, 5.74) is 4.84. The van der Waals surface area contributed by atoms with Gasteiger partial charge in [-0.25, -0.2) is 10.4 Å². The van der Waals surface area contributed by atoms with Gasteiger partial charge in [0.25, 0.3) is 5.91 Å². The lowest BCUT2D eigenvalue weighted by Gasteiger charge is -2.11. The van der Waals surface area contributed by atoms with E-state index in [-0.39, 0.29) is 5.91 Å². The van der Waals surface area contributed by atoms with E-state index >= 15 is 0 Å². The van der Waals surface area contributed by atoms with E-state index in [0.717, 1.165) is 11.3 Å². The number of anilines is 1. The summed E-state index contributed by atoms with van der Waals surface area (Å²) in [6.07, 6.45) is 2.99. The third-order valence-corrected chi connectivity index (χ3v) is 3.00. The molecular formula is C15H15ClN4O. The number of hydrazone groups is 1. The highest BCUT2D eigenvalue weighted by molar-refractivity contribution is 6.29. The molecule has 0 atom stereocenters. The van der Waals surface area contributed by atoms with E-state index < -0.39 is 0 Å². The number of hydrogen-bond acceptors (Lipinski definition) is 4. The Morgan fingerprint density at radius 2 is 1.95 bits per heavy atom. The Hall–Kier alpha value is -2.40. The molecule has 5 nitrogen and oxygen atoms in total. The van der Waals surface area contributed by atoms with Crippen molar-refractivity contribution in [3.05, 3.63) is 58.9 Å². The van der Waals surface area contributed by atoms with E-state index in [1.165, 1.54) is 6.20 Å². The molecule has 2 rings (SSSR count). The van der Waals surface area contributed by atoms with Crippen molar-refractivity contribution < 1.29 is 4.79 Å². The number of benzene rings is 1. The molecule has 0 aliphatic carbocycles. The maximum Gasteiger partial charge on any atom is 0.272 e. The second kappa shape index (κ2) is 6.85. The van der Waals surface area contributed by atoms with Gasteiger partial charge in [-0.1, -0.05) is 23.7 Å². The molecule has 0 radical (unpaired) electrons. The van der Waals surface area contributed by atoms with Crippen LogP contribution in [0.1, 0.15) is 15.9 Å². The van der Waals surface area contributed by atoms with Crippen LogP contribution in [0.2, 0.25) is 5.15 Å². The molecule has 2 aromatic rings. The Morgan fingerprint density at radius 3 is 2.52 bits per heavy atom. The minimum absolute atomic E-state index is 0.333. The zero-order valence-electron chi connectivity index (χ0n) is 11.7. The highest BCUT2D eigenvalue weighted by Crippen LogP contribution is 2.10. The predicted octanol–water partition coefficient (Wildman–Crippen LogP) is 2.56. The molecule has 0 saturated carbocycles. The van der Waals surface area contributed by atoms with Gasteiger partial charge in [0.2, 0.25) is 0 Å². The highest BCUT2D eigenvalue weighted by atomic mass is 35.5. The van der Waals surface area contributed by atoms with E-state index in [1.807, 2.05) is 43.3 Å². The van der Waals surface area contributed by atoms with Crippen LogP contribution in [0.4, 0.5) is 5.69 Å². The molecule has 0 saturated heterocycles. The summed E-state index contributed by atoms with van der Waals surface area (Å²) in [4.78, 5) is 17.6. The Bertz CT molecular complexity index is 636. The van der Waals surface area contributed by atoms with Crippen molar-refractivity contribution in [2.24, 2.45) is 5.10 Å². The summed E-state index contributed by atoms with van der Waals surface area (Å²) in [5, 5.41) is 4.26. The van der Waals surface area contributed by atoms with E-state index in [1.54, 1.807) is 18.3 Å². The number of hydrogen-bond donors (Lipinski definition) is 1. The first-order valence-corrected chi connectivity index (χ1v) is 6.66. The molecule has 6 heteroatoms. The molecule has 1 aromatic carbocycles. The van der Waals surface area contributed by atoms with Crippen LogP contribution in [0.3, 0.4) is 0 Å². The zero-order chi connectivity index (χ0) is 15.2. The summed E-state index contributed by atoms with van der Waals surface area (Å²) in [5.74, 6) is -0.333. The minimum atomic E-state index is -0.333. The van der Waals surface area contributed by atoms with Crippen molar-refractivity contribution in [3.8, 4) is 0 Å². The fourth-order valence-corrected chi connectivity index (χ4v) is 1.71. The van der Waals surface area contributed by atoms with Gasteiger partial charge in [-0.05, 0) is 29.8 Å². The number of nitrogens with zero attached hydrogens (tertiary/aromatic N) is 3. The first kappa shape index (κ1) is 15.0. The third-order valence-electron chi connectivity index (χ3n) is 2.78. The largest absolute Gasteiger partial charge is 0.378 e. The third kappa shape index (κ3) is 4.29. The van der Waals surface area contributed by atoms with Gasteiger partial charge in [0.15, 0.2) is 0 Å². The van der Waals surface area contributed by atoms with Crippen molar-refractivity contribution >= 4 is 29.4 Å². The normalized spacial score (nSPS) is 10.6. The van der Waals surface area contributed by atoms with Crippen LogP contribution in [-0.4, -0.2) is 31.2 Å². The maximum absolute atomic E-state index is 11.8. The molecule has 0 bridgehead atoms. The lowest BCUT2D eigenvalue weighted by molar-refractivity contribution is 0.0955. The summed E-state index contributed by atoms with van der Waals surface area (Å²) >= 11 is 5.66. The van der Waals surface area contributed by atoms with Crippen LogP contribution in [0.25, 0.3) is 0 Å². The SMILES string of the molecule is CN(C)c1ccc(/C=N/NC(=O)c2ccc(Cl)nc2)cc1. The van der Waals surface area contributed by atoms with Gasteiger partial charge >= 0.3 is 0 Å². The molecule has 1 aromatic heterocycles. The van der Waals surface area contributed by atoms with Gasteiger partial charge in [0.05, 0.1) is 11.8 Å². The number of carbonyl (C=O) groups excluding carboxylic acids is 1. The van der Waals surface area contributed by atoms with Gasteiger partial charge < -0.3 is 4.90 Å². The fraction of sp³-hybridized carbons (Fsp3) is 0.133. The summed E-state index contributed by atoms with van der Waals surface area (Å²) in [6.45, 7) is 0. The molecular weight excluding hydrogens is 288 g/mol. The van der Waals surface area contributed by atoms with Crippen LogP contribution in [0, 0.1) is 0 Å². The van der Waals surface area contributed by atoms with Crippen LogP contribution in [0.5, 0.6) is 0 Å². The Balaban J connectivity index is 1.95. The fourth-order valence-electron chi connectivity index (χ4n) is 1.60. The molecule has 21 heavy (non-hydrogen) atoms. The highest BCUT2D eigenvalue weighted by Gasteiger charge is 2.03. The molecule has 0 aliphatic rings. The molecule has 0 spiro atoms. The predicted molar refractivity (Wildman–Crippen MR) is 85.1 cm³/mol. The second-order valence-corrected chi connectivity index (χ2v) is 4.94. The summed E-state index contributed by atoms with van der Waals surface area (Å²) < 4.78 is 0. The average molecular weight is 303 g/mol. The smallest absolute Gasteiger partial charge is 0.272 e. The monoisotopic (exact) mass is 302 g/mol. The number of pyridine rings is 1. The lowest BCUT2D eigenvalue weighted by Crippen LogP contribution is -2.17. The van der Waals surface area contributed by atoms with Crippen LogP contribution in [0.15, 0.2) is 47.7 Å². The van der Waals surface area contributed by atoms with Gasteiger partial charge in [-0.15, -0.1) is 0 Å². The van der Waals surface area contributed by atoms with Crippen LogP contribution < -0.4 is 10.3 Å². The van der Waals surface area contributed by atoms with Gasteiger partial charge in [0, 0.05) is 26.0 Å². The van der Waals surface area contributed by atoms with E-state index in [9.17, 15) is 4.79 Å². The van der Waals surface area contributed by atoms with Crippen LogP contribution in [-0.2, 0) is 0 Å². The first-order chi connectivity index (χ1) is 10.1. The molecule has 108 valence electrons. The Kier molecular flexibility index (Phi) is 4.90. The summed E-state index contributed by atoms with van der Waals surface area (Å²) in [7, 11) is 3.95. The number of amides is 1. The Morgan fingerprint density at radius 1 is 1.24 bits per heavy atom. The molecule has 0 unspecified atom stereocenters. The standard InChI is InChI=1S/C15H15ClN4O/c1-20(2)13-6-3-11(4-7-13)9-18-19-15(21)12-5-8-14(16)17-10-12/h3-10H,1-2H3,(H,19,21)/b18-9+. The maximum atomic E-state index is 11.8. The van der Waals surface area contributed by atoms with Crippen molar-refractivity contribution in [1.29, 1.82) is 0 Å². The van der Waals surface area contributed by atoms with Crippen molar-refractivity contribution in [1.82, 2.24) is 10.4 Å².